The number of benzene rings is 2. The molecule has 1 aliphatic heterocycles. The van der Waals surface area contributed by atoms with Gasteiger partial charge in [-0.15, -0.1) is 10.2 Å². The average molecular weight is 478 g/mol. The van der Waals surface area contributed by atoms with Gasteiger partial charge in [-0.1, -0.05) is 42.1 Å². The van der Waals surface area contributed by atoms with Gasteiger partial charge in [0.2, 0.25) is 5.91 Å². The number of nitrogens with zero attached hydrogens (tertiary/aromatic N) is 3. The normalized spacial score (nSPS) is 15.1. The number of carbonyl (C=O) groups is 1. The van der Waals surface area contributed by atoms with Crippen LogP contribution in [0, 0.1) is 0 Å². The molecule has 34 heavy (non-hydrogen) atoms. The van der Waals surface area contributed by atoms with Crippen LogP contribution in [0.2, 0.25) is 0 Å². The van der Waals surface area contributed by atoms with Gasteiger partial charge in [0.05, 0.1) is 32.3 Å². The molecule has 0 radical (unpaired) electrons. The lowest BCUT2D eigenvalue weighted by atomic mass is 9.87. The highest BCUT2D eigenvalue weighted by Crippen LogP contribution is 2.41. The topological polar surface area (TPSA) is 90.8 Å². The monoisotopic (exact) mass is 477 g/mol. The molecule has 0 spiro atoms. The minimum atomic E-state index is -0.237. The molecule has 0 unspecified atom stereocenters. The third-order valence-corrected chi connectivity index (χ3v) is 6.57. The number of methoxy groups -OCH3 is 2. The number of amides is 1. The first-order valence-electron chi connectivity index (χ1n) is 10.8. The first kappa shape index (κ1) is 22.1. The molecule has 0 saturated carbocycles. The molecule has 0 aliphatic carbocycles. The van der Waals surface area contributed by atoms with Crippen LogP contribution in [0.15, 0.2) is 74.9 Å². The quantitative estimate of drug-likeness (QED) is 0.356. The second kappa shape index (κ2) is 9.64. The second-order valence-corrected chi connectivity index (χ2v) is 8.62. The van der Waals surface area contributed by atoms with Crippen molar-refractivity contribution in [3.8, 4) is 23.1 Å². The molecular formula is C25H23N3O5S. The van der Waals surface area contributed by atoms with Gasteiger partial charge in [-0.2, -0.15) is 0 Å². The lowest BCUT2D eigenvalue weighted by Crippen LogP contribution is -2.41. The first-order valence-corrected chi connectivity index (χ1v) is 11.8. The molecule has 1 atom stereocenters. The number of ether oxygens (including phenoxy) is 2. The van der Waals surface area contributed by atoms with E-state index in [9.17, 15) is 4.79 Å². The maximum Gasteiger partial charge on any atom is 0.284 e. The Hall–Kier alpha value is -3.72. The van der Waals surface area contributed by atoms with E-state index in [1.165, 1.54) is 11.8 Å². The fourth-order valence-corrected chi connectivity index (χ4v) is 4.83. The van der Waals surface area contributed by atoms with Gasteiger partial charge in [0.1, 0.15) is 0 Å². The SMILES string of the molecule is COc1cc2c(cc1OC)[C@H](c1ccccc1)N(C(=O)CSc1nnc(-c3ccco3)o1)CC2. The van der Waals surface area contributed by atoms with Crippen molar-refractivity contribution in [2.45, 2.75) is 17.7 Å². The predicted molar refractivity (Wildman–Crippen MR) is 126 cm³/mol. The van der Waals surface area contributed by atoms with E-state index < -0.39 is 0 Å². The van der Waals surface area contributed by atoms with Gasteiger partial charge in [-0.25, -0.2) is 0 Å². The van der Waals surface area contributed by atoms with Crippen LogP contribution in [0.4, 0.5) is 0 Å². The molecular weight excluding hydrogens is 454 g/mol. The number of hydrogen-bond donors (Lipinski definition) is 0. The average Bonchev–Trinajstić information content (AvgIpc) is 3.58. The van der Waals surface area contributed by atoms with Crippen LogP contribution in [0.3, 0.4) is 0 Å². The fourth-order valence-electron chi connectivity index (χ4n) is 4.18. The van der Waals surface area contributed by atoms with Crippen molar-refractivity contribution in [3.63, 3.8) is 0 Å². The van der Waals surface area contributed by atoms with Crippen LogP contribution in [0.1, 0.15) is 22.7 Å². The summed E-state index contributed by atoms with van der Waals surface area (Å²) in [4.78, 5) is 15.3. The van der Waals surface area contributed by atoms with Crippen molar-refractivity contribution in [2.24, 2.45) is 0 Å². The van der Waals surface area contributed by atoms with Crippen LogP contribution < -0.4 is 9.47 Å². The summed E-state index contributed by atoms with van der Waals surface area (Å²) in [6.07, 6.45) is 2.26. The molecule has 0 saturated heterocycles. The Balaban J connectivity index is 1.41. The summed E-state index contributed by atoms with van der Waals surface area (Å²) < 4.78 is 22.0. The number of hydrogen-bond acceptors (Lipinski definition) is 8. The molecule has 0 fully saturated rings. The van der Waals surface area contributed by atoms with E-state index in [-0.39, 0.29) is 23.6 Å². The molecule has 3 heterocycles. The maximum absolute atomic E-state index is 13.4. The number of carbonyl (C=O) groups excluding carboxylic acids is 1. The number of rotatable bonds is 7. The second-order valence-electron chi connectivity index (χ2n) is 7.70. The summed E-state index contributed by atoms with van der Waals surface area (Å²) in [5.74, 6) is 2.26. The van der Waals surface area contributed by atoms with Crippen molar-refractivity contribution >= 4 is 17.7 Å². The molecule has 9 heteroatoms. The number of fused-ring (bicyclic) bond motifs is 1. The van der Waals surface area contributed by atoms with Gasteiger partial charge in [0.15, 0.2) is 17.3 Å². The fraction of sp³-hybridized carbons (Fsp3) is 0.240. The zero-order valence-electron chi connectivity index (χ0n) is 18.8. The van der Waals surface area contributed by atoms with E-state index in [2.05, 4.69) is 10.2 Å². The minimum absolute atomic E-state index is 0.0166. The van der Waals surface area contributed by atoms with E-state index >= 15 is 0 Å². The Kier molecular flexibility index (Phi) is 6.27. The summed E-state index contributed by atoms with van der Waals surface area (Å²) in [5, 5.41) is 8.34. The Morgan fingerprint density at radius 1 is 1.09 bits per heavy atom. The standard InChI is InChI=1S/C25H23N3O5S/c1-30-20-13-17-10-11-28(23(16-7-4-3-5-8-16)18(17)14-21(20)31-2)22(29)15-34-25-27-26-24(33-25)19-9-6-12-32-19/h3-9,12-14,23H,10-11,15H2,1-2H3/t23-/m0/s1. The molecule has 2 aromatic heterocycles. The van der Waals surface area contributed by atoms with E-state index in [0.717, 1.165) is 23.1 Å². The van der Waals surface area contributed by atoms with Crippen LogP contribution in [-0.2, 0) is 11.2 Å². The zero-order chi connectivity index (χ0) is 23.5. The molecule has 8 nitrogen and oxygen atoms in total. The van der Waals surface area contributed by atoms with Gasteiger partial charge in [0.25, 0.3) is 11.1 Å². The highest BCUT2D eigenvalue weighted by atomic mass is 32.2. The molecule has 2 aromatic carbocycles. The van der Waals surface area contributed by atoms with Gasteiger partial charge >= 0.3 is 0 Å². The molecule has 5 rings (SSSR count). The lowest BCUT2D eigenvalue weighted by Gasteiger charge is -2.38. The first-order chi connectivity index (χ1) is 16.7. The van der Waals surface area contributed by atoms with Gasteiger partial charge in [-0.3, -0.25) is 4.79 Å². The van der Waals surface area contributed by atoms with Gasteiger partial charge in [-0.05, 0) is 47.4 Å². The maximum atomic E-state index is 13.4. The van der Waals surface area contributed by atoms with Crippen LogP contribution in [0.25, 0.3) is 11.7 Å². The largest absolute Gasteiger partial charge is 0.493 e. The highest BCUT2D eigenvalue weighted by molar-refractivity contribution is 7.99. The van der Waals surface area contributed by atoms with Crippen molar-refractivity contribution in [3.05, 3.63) is 77.6 Å². The van der Waals surface area contributed by atoms with E-state index in [1.54, 1.807) is 32.6 Å². The Labute approximate surface area is 200 Å². The Morgan fingerprint density at radius 2 is 1.88 bits per heavy atom. The zero-order valence-corrected chi connectivity index (χ0v) is 19.6. The predicted octanol–water partition coefficient (Wildman–Crippen LogP) is 4.61. The molecule has 1 amide bonds. The smallest absolute Gasteiger partial charge is 0.284 e. The summed E-state index contributed by atoms with van der Waals surface area (Å²) >= 11 is 1.21. The van der Waals surface area contributed by atoms with E-state index in [0.29, 0.717) is 29.0 Å². The van der Waals surface area contributed by atoms with Gasteiger partial charge in [0, 0.05) is 6.54 Å². The minimum Gasteiger partial charge on any atom is -0.493 e. The number of furan rings is 1. The van der Waals surface area contributed by atoms with Crippen LogP contribution in [-0.4, -0.2) is 47.5 Å². The molecule has 174 valence electrons. The molecule has 1 aliphatic rings. The number of thioether (sulfide) groups is 1. The molecule has 4 aromatic rings. The summed E-state index contributed by atoms with van der Waals surface area (Å²) in [6, 6.07) is 17.3. The van der Waals surface area contributed by atoms with Crippen molar-refractivity contribution in [2.75, 3.05) is 26.5 Å². The lowest BCUT2D eigenvalue weighted by molar-refractivity contribution is -0.130. The van der Waals surface area contributed by atoms with Crippen LogP contribution >= 0.6 is 11.8 Å². The third-order valence-electron chi connectivity index (χ3n) is 5.77. The summed E-state index contributed by atoms with van der Waals surface area (Å²) in [7, 11) is 3.25. The summed E-state index contributed by atoms with van der Waals surface area (Å²) in [5.41, 5.74) is 3.21. The van der Waals surface area contributed by atoms with E-state index in [1.807, 2.05) is 47.4 Å². The van der Waals surface area contributed by atoms with Crippen molar-refractivity contribution in [1.82, 2.24) is 15.1 Å². The Bertz CT molecular complexity index is 1270. The van der Waals surface area contributed by atoms with Crippen molar-refractivity contribution < 1.29 is 23.1 Å². The highest BCUT2D eigenvalue weighted by Gasteiger charge is 2.33. The van der Waals surface area contributed by atoms with Gasteiger partial charge < -0.3 is 23.2 Å². The molecule has 0 N–H and O–H groups in total. The van der Waals surface area contributed by atoms with Crippen molar-refractivity contribution in [1.29, 1.82) is 0 Å². The number of aromatic nitrogens is 2. The summed E-state index contributed by atoms with van der Waals surface area (Å²) in [6.45, 7) is 0.586. The Morgan fingerprint density at radius 3 is 2.62 bits per heavy atom. The molecule has 0 bridgehead atoms. The van der Waals surface area contributed by atoms with Crippen LogP contribution in [0.5, 0.6) is 11.5 Å². The third kappa shape index (κ3) is 4.26. The van der Waals surface area contributed by atoms with E-state index in [4.69, 9.17) is 18.3 Å².